The second-order valence-corrected chi connectivity index (χ2v) is 7.89. The first-order valence-electron chi connectivity index (χ1n) is 10.1. The maximum absolute atomic E-state index is 13.2. The number of benzene rings is 1. The van der Waals surface area contributed by atoms with Crippen molar-refractivity contribution >= 4 is 30.7 Å². The molecule has 166 valence electrons. The van der Waals surface area contributed by atoms with E-state index in [-0.39, 0.29) is 36.8 Å². The van der Waals surface area contributed by atoms with E-state index in [1.165, 1.54) is 5.56 Å². The third-order valence-electron chi connectivity index (χ3n) is 5.86. The largest absolute Gasteiger partial charge is 0.336 e. The molecule has 2 fully saturated rings. The number of aryl methyl sites for hydroxylation is 1. The van der Waals surface area contributed by atoms with Crippen LogP contribution in [0.4, 0.5) is 0 Å². The lowest BCUT2D eigenvalue weighted by molar-refractivity contribution is 0.0621. The molecule has 30 heavy (non-hydrogen) atoms. The molecule has 0 saturated carbocycles. The predicted octanol–water partition coefficient (Wildman–Crippen LogP) is 1.80. The van der Waals surface area contributed by atoms with Crippen LogP contribution < -0.4 is 5.32 Å². The van der Waals surface area contributed by atoms with E-state index in [0.29, 0.717) is 6.54 Å². The van der Waals surface area contributed by atoms with Crippen LogP contribution in [-0.4, -0.2) is 83.0 Å². The third kappa shape index (κ3) is 5.53. The molecular formula is C21H32Cl2N6O. The van der Waals surface area contributed by atoms with Crippen molar-refractivity contribution in [3.63, 3.8) is 0 Å². The standard InChI is InChI=1S/C21H30N6O.2ClH/c1-24-11-13-26(14-12-24)16-17-3-5-18(6-4-17)21(28)27-10-7-22-15-19(27)20-23-8-9-25(20)2;;/h3-6,8-9,19,22H,7,10-16H2,1-2H3;2*1H. The first-order chi connectivity index (χ1) is 13.6. The van der Waals surface area contributed by atoms with Gasteiger partial charge in [-0.2, -0.15) is 0 Å². The normalized spacial score (nSPS) is 20.3. The summed E-state index contributed by atoms with van der Waals surface area (Å²) in [5.74, 6) is 1.01. The monoisotopic (exact) mass is 454 g/mol. The van der Waals surface area contributed by atoms with Gasteiger partial charge in [0.15, 0.2) is 0 Å². The highest BCUT2D eigenvalue weighted by atomic mass is 35.5. The lowest BCUT2D eigenvalue weighted by Gasteiger charge is -2.36. The Morgan fingerprint density at radius 2 is 1.77 bits per heavy atom. The molecule has 4 rings (SSSR count). The number of imidazole rings is 1. The molecule has 0 bridgehead atoms. The molecule has 0 aliphatic carbocycles. The molecule has 9 heteroatoms. The molecule has 1 aromatic carbocycles. The van der Waals surface area contributed by atoms with Gasteiger partial charge in [-0.3, -0.25) is 9.69 Å². The SMILES string of the molecule is CN1CCN(Cc2ccc(C(=O)N3CCNCC3c3nccn3C)cc2)CC1.Cl.Cl. The summed E-state index contributed by atoms with van der Waals surface area (Å²) in [7, 11) is 4.15. The van der Waals surface area contributed by atoms with Crippen LogP contribution in [0, 0.1) is 0 Å². The van der Waals surface area contributed by atoms with E-state index in [0.717, 1.165) is 57.2 Å². The van der Waals surface area contributed by atoms with E-state index >= 15 is 0 Å². The van der Waals surface area contributed by atoms with Gasteiger partial charge in [-0.1, -0.05) is 12.1 Å². The molecule has 7 nitrogen and oxygen atoms in total. The van der Waals surface area contributed by atoms with Gasteiger partial charge in [-0.05, 0) is 24.7 Å². The number of likely N-dealkylation sites (N-methyl/N-ethyl adjacent to an activating group) is 1. The highest BCUT2D eigenvalue weighted by molar-refractivity contribution is 5.94. The molecule has 2 aliphatic rings. The Kier molecular flexibility index (Phi) is 9.12. The molecule has 1 atom stereocenters. The average molecular weight is 455 g/mol. The van der Waals surface area contributed by atoms with Crippen molar-refractivity contribution in [1.29, 1.82) is 0 Å². The summed E-state index contributed by atoms with van der Waals surface area (Å²) < 4.78 is 2.00. The number of carbonyl (C=O) groups is 1. The molecule has 3 heterocycles. The molecule has 1 aromatic heterocycles. The van der Waals surface area contributed by atoms with Crippen LogP contribution in [0.15, 0.2) is 36.7 Å². The summed E-state index contributed by atoms with van der Waals surface area (Å²) in [6.07, 6.45) is 3.72. The van der Waals surface area contributed by atoms with Gasteiger partial charge >= 0.3 is 0 Å². The van der Waals surface area contributed by atoms with Gasteiger partial charge in [0.05, 0.1) is 0 Å². The van der Waals surface area contributed by atoms with Crippen molar-refractivity contribution < 1.29 is 4.79 Å². The lowest BCUT2D eigenvalue weighted by atomic mass is 10.1. The smallest absolute Gasteiger partial charge is 0.254 e. The van der Waals surface area contributed by atoms with Gasteiger partial charge in [0.25, 0.3) is 5.91 Å². The summed E-state index contributed by atoms with van der Waals surface area (Å²) in [6, 6.07) is 8.12. The fraction of sp³-hybridized carbons (Fsp3) is 0.524. The second kappa shape index (κ2) is 11.1. The van der Waals surface area contributed by atoms with Crippen LogP contribution in [0.2, 0.25) is 0 Å². The first kappa shape index (κ1) is 24.6. The summed E-state index contributed by atoms with van der Waals surface area (Å²) in [5.41, 5.74) is 2.02. The van der Waals surface area contributed by atoms with Crippen LogP contribution in [0.1, 0.15) is 27.8 Å². The molecule has 0 spiro atoms. The molecule has 2 aliphatic heterocycles. The number of piperazine rings is 2. The van der Waals surface area contributed by atoms with Gasteiger partial charge < -0.3 is 19.7 Å². The topological polar surface area (TPSA) is 56.6 Å². The quantitative estimate of drug-likeness (QED) is 0.762. The average Bonchev–Trinajstić information content (AvgIpc) is 3.15. The van der Waals surface area contributed by atoms with Crippen molar-refractivity contribution in [2.24, 2.45) is 7.05 Å². The summed E-state index contributed by atoms with van der Waals surface area (Å²) >= 11 is 0. The maximum Gasteiger partial charge on any atom is 0.254 e. The van der Waals surface area contributed by atoms with Crippen molar-refractivity contribution in [2.75, 3.05) is 52.9 Å². The molecule has 0 radical (unpaired) electrons. The van der Waals surface area contributed by atoms with Gasteiger partial charge in [-0.25, -0.2) is 4.98 Å². The Morgan fingerprint density at radius 1 is 1.07 bits per heavy atom. The number of nitrogens with one attached hydrogen (secondary N) is 1. The molecular weight excluding hydrogens is 423 g/mol. The Morgan fingerprint density at radius 3 is 2.40 bits per heavy atom. The molecule has 2 saturated heterocycles. The number of amides is 1. The molecule has 1 amide bonds. The van der Waals surface area contributed by atoms with E-state index in [1.54, 1.807) is 6.20 Å². The zero-order valence-electron chi connectivity index (χ0n) is 17.7. The van der Waals surface area contributed by atoms with E-state index in [1.807, 2.05) is 34.8 Å². The number of aromatic nitrogens is 2. The van der Waals surface area contributed by atoms with Gasteiger partial charge in [-0.15, -0.1) is 24.8 Å². The number of rotatable bonds is 4. The minimum Gasteiger partial charge on any atom is -0.336 e. The fourth-order valence-corrected chi connectivity index (χ4v) is 4.06. The zero-order valence-corrected chi connectivity index (χ0v) is 19.3. The predicted molar refractivity (Wildman–Crippen MR) is 124 cm³/mol. The summed E-state index contributed by atoms with van der Waals surface area (Å²) in [6.45, 7) is 7.63. The van der Waals surface area contributed by atoms with Crippen molar-refractivity contribution in [2.45, 2.75) is 12.6 Å². The van der Waals surface area contributed by atoms with E-state index < -0.39 is 0 Å². The van der Waals surface area contributed by atoms with E-state index in [9.17, 15) is 4.79 Å². The molecule has 1 unspecified atom stereocenters. The number of nitrogens with zero attached hydrogens (tertiary/aromatic N) is 5. The lowest BCUT2D eigenvalue weighted by Crippen LogP contribution is -2.49. The minimum atomic E-state index is -0.0359. The van der Waals surface area contributed by atoms with E-state index in [4.69, 9.17) is 0 Å². The van der Waals surface area contributed by atoms with Crippen LogP contribution in [0.25, 0.3) is 0 Å². The zero-order chi connectivity index (χ0) is 19.5. The van der Waals surface area contributed by atoms with Crippen LogP contribution in [0.3, 0.4) is 0 Å². The van der Waals surface area contributed by atoms with Crippen molar-refractivity contribution in [1.82, 2.24) is 29.6 Å². The Balaban J connectivity index is 0.00000160. The number of hydrogen-bond acceptors (Lipinski definition) is 5. The molecule has 1 N–H and O–H groups in total. The first-order valence-corrected chi connectivity index (χ1v) is 10.1. The van der Waals surface area contributed by atoms with Crippen LogP contribution >= 0.6 is 24.8 Å². The number of halogens is 2. The van der Waals surface area contributed by atoms with Gasteiger partial charge in [0.1, 0.15) is 11.9 Å². The highest BCUT2D eigenvalue weighted by Gasteiger charge is 2.31. The van der Waals surface area contributed by atoms with Gasteiger partial charge in [0, 0.05) is 77.4 Å². The Hall–Kier alpha value is -1.64. The Bertz CT molecular complexity index is 804. The van der Waals surface area contributed by atoms with Crippen molar-refractivity contribution in [3.05, 3.63) is 53.6 Å². The Labute approximate surface area is 191 Å². The fourth-order valence-electron chi connectivity index (χ4n) is 4.06. The maximum atomic E-state index is 13.2. The highest BCUT2D eigenvalue weighted by Crippen LogP contribution is 2.23. The summed E-state index contributed by atoms with van der Waals surface area (Å²) in [4.78, 5) is 24.5. The summed E-state index contributed by atoms with van der Waals surface area (Å²) in [5, 5.41) is 3.39. The number of hydrogen-bond donors (Lipinski definition) is 1. The number of carbonyl (C=O) groups excluding carboxylic acids is 1. The minimum absolute atomic E-state index is 0. The van der Waals surface area contributed by atoms with Crippen LogP contribution in [-0.2, 0) is 13.6 Å². The van der Waals surface area contributed by atoms with Crippen molar-refractivity contribution in [3.8, 4) is 0 Å². The molecule has 2 aromatic rings. The third-order valence-corrected chi connectivity index (χ3v) is 5.86. The second-order valence-electron chi connectivity index (χ2n) is 7.89. The van der Waals surface area contributed by atoms with Crippen LogP contribution in [0.5, 0.6) is 0 Å². The van der Waals surface area contributed by atoms with Gasteiger partial charge in [0.2, 0.25) is 0 Å². The van der Waals surface area contributed by atoms with E-state index in [2.05, 4.69) is 39.3 Å².